The number of carbonyl (C=O) groups excluding carboxylic acids is 2. The second-order valence-corrected chi connectivity index (χ2v) is 6.04. The third-order valence-electron chi connectivity index (χ3n) is 3.24. The van der Waals surface area contributed by atoms with Gasteiger partial charge in [-0.3, -0.25) is 4.79 Å². The Morgan fingerprint density at radius 2 is 2.22 bits per heavy atom. The number of imidazole rings is 1. The molecule has 23 heavy (non-hydrogen) atoms. The van der Waals surface area contributed by atoms with Gasteiger partial charge in [0.2, 0.25) is 0 Å². The molecule has 0 radical (unpaired) electrons. The normalized spacial score (nSPS) is 10.5. The molecule has 0 atom stereocenters. The van der Waals surface area contributed by atoms with Crippen molar-refractivity contribution in [2.75, 3.05) is 6.61 Å². The van der Waals surface area contributed by atoms with E-state index in [2.05, 4.69) is 11.9 Å². The molecular formula is C16H20N2O4S. The molecular weight excluding hydrogens is 316 g/mol. The molecule has 7 heteroatoms. The smallest absolute Gasteiger partial charge is 0.434 e. The average Bonchev–Trinajstić information content (AvgIpc) is 3.13. The predicted octanol–water partition coefficient (Wildman–Crippen LogP) is 3.68. The zero-order valence-corrected chi connectivity index (χ0v) is 14.1. The van der Waals surface area contributed by atoms with E-state index >= 15 is 0 Å². The van der Waals surface area contributed by atoms with Crippen molar-refractivity contribution in [3.8, 4) is 5.06 Å². The molecule has 2 rings (SSSR count). The minimum Gasteiger partial charge on any atom is -0.434 e. The monoisotopic (exact) mass is 336 g/mol. The van der Waals surface area contributed by atoms with Gasteiger partial charge in [-0.1, -0.05) is 13.3 Å². The molecule has 2 aromatic heterocycles. The molecule has 0 fully saturated rings. The van der Waals surface area contributed by atoms with Gasteiger partial charge in [0, 0.05) is 11.3 Å². The van der Waals surface area contributed by atoms with Crippen molar-refractivity contribution in [1.82, 2.24) is 9.55 Å². The van der Waals surface area contributed by atoms with Crippen LogP contribution in [0.25, 0.3) is 0 Å². The van der Waals surface area contributed by atoms with E-state index in [9.17, 15) is 9.59 Å². The second-order valence-electron chi connectivity index (χ2n) is 4.91. The van der Waals surface area contributed by atoms with Crippen molar-refractivity contribution in [2.45, 2.75) is 39.7 Å². The van der Waals surface area contributed by atoms with Crippen molar-refractivity contribution in [3.63, 3.8) is 0 Å². The molecule has 124 valence electrons. The number of aryl methyl sites for hydroxylation is 1. The zero-order valence-electron chi connectivity index (χ0n) is 13.3. The van der Waals surface area contributed by atoms with Crippen LogP contribution in [-0.2, 0) is 17.7 Å². The van der Waals surface area contributed by atoms with Crippen LogP contribution >= 0.6 is 11.3 Å². The van der Waals surface area contributed by atoms with Gasteiger partial charge in [0.05, 0.1) is 19.3 Å². The van der Waals surface area contributed by atoms with Crippen molar-refractivity contribution in [3.05, 3.63) is 34.7 Å². The summed E-state index contributed by atoms with van der Waals surface area (Å²) in [5.41, 5.74) is 0.553. The van der Waals surface area contributed by atoms with Crippen molar-refractivity contribution in [2.24, 2.45) is 0 Å². The summed E-state index contributed by atoms with van der Waals surface area (Å²) in [7, 11) is 0. The van der Waals surface area contributed by atoms with Gasteiger partial charge >= 0.3 is 6.16 Å². The lowest BCUT2D eigenvalue weighted by Gasteiger charge is -2.08. The van der Waals surface area contributed by atoms with Crippen LogP contribution in [0.4, 0.5) is 4.79 Å². The standard InChI is InChI=1S/C16H20N2O4S/c1-3-5-6-14-17-9-12(11-19)18(14)10-13-7-8-15(23-13)22-16(20)21-4-2/h7-9,11H,3-6,10H2,1-2H3. The highest BCUT2D eigenvalue weighted by Crippen LogP contribution is 2.26. The summed E-state index contributed by atoms with van der Waals surface area (Å²) in [6.07, 6.45) is 4.63. The van der Waals surface area contributed by atoms with Crippen LogP contribution in [0.1, 0.15) is 47.9 Å². The summed E-state index contributed by atoms with van der Waals surface area (Å²) in [5, 5.41) is 0.473. The van der Waals surface area contributed by atoms with E-state index in [0.29, 0.717) is 17.3 Å². The maximum absolute atomic E-state index is 11.3. The highest BCUT2D eigenvalue weighted by Gasteiger charge is 2.12. The number of unbranched alkanes of at least 4 members (excludes halogenated alkanes) is 1. The Balaban J connectivity index is 2.10. The Morgan fingerprint density at radius 1 is 1.39 bits per heavy atom. The van der Waals surface area contributed by atoms with E-state index in [1.165, 1.54) is 11.3 Å². The number of hydrogen-bond acceptors (Lipinski definition) is 6. The van der Waals surface area contributed by atoms with Crippen LogP contribution in [0, 0.1) is 0 Å². The average molecular weight is 336 g/mol. The van der Waals surface area contributed by atoms with Gasteiger partial charge in [0.25, 0.3) is 0 Å². The van der Waals surface area contributed by atoms with E-state index in [1.54, 1.807) is 19.2 Å². The number of ether oxygens (including phenoxy) is 2. The Hall–Kier alpha value is -2.15. The number of aromatic nitrogens is 2. The first-order valence-electron chi connectivity index (χ1n) is 7.60. The Morgan fingerprint density at radius 3 is 2.91 bits per heavy atom. The third kappa shape index (κ3) is 4.66. The van der Waals surface area contributed by atoms with Crippen LogP contribution in [0.5, 0.6) is 5.06 Å². The Kier molecular flexibility index (Phi) is 6.34. The Bertz CT molecular complexity index is 663. The fourth-order valence-electron chi connectivity index (χ4n) is 2.12. The van der Waals surface area contributed by atoms with Gasteiger partial charge in [-0.2, -0.15) is 0 Å². The molecule has 0 aliphatic rings. The van der Waals surface area contributed by atoms with E-state index in [1.807, 2.05) is 10.6 Å². The lowest BCUT2D eigenvalue weighted by Crippen LogP contribution is -2.09. The molecule has 0 amide bonds. The van der Waals surface area contributed by atoms with Gasteiger partial charge < -0.3 is 14.0 Å². The summed E-state index contributed by atoms with van der Waals surface area (Å²) in [6.45, 7) is 4.64. The van der Waals surface area contributed by atoms with E-state index in [0.717, 1.165) is 36.3 Å². The molecule has 0 saturated carbocycles. The number of carbonyl (C=O) groups is 2. The fraction of sp³-hybridized carbons (Fsp3) is 0.438. The third-order valence-corrected chi connectivity index (χ3v) is 4.19. The minimum atomic E-state index is -0.708. The van der Waals surface area contributed by atoms with Crippen LogP contribution in [0.3, 0.4) is 0 Å². The van der Waals surface area contributed by atoms with Gasteiger partial charge in [0.1, 0.15) is 11.5 Å². The first-order chi connectivity index (χ1) is 11.2. The van der Waals surface area contributed by atoms with E-state index in [4.69, 9.17) is 9.47 Å². The van der Waals surface area contributed by atoms with Crippen LogP contribution < -0.4 is 4.74 Å². The summed E-state index contributed by atoms with van der Waals surface area (Å²) in [5.74, 6) is 0.898. The first-order valence-corrected chi connectivity index (χ1v) is 8.42. The molecule has 6 nitrogen and oxygen atoms in total. The highest BCUT2D eigenvalue weighted by molar-refractivity contribution is 7.13. The van der Waals surface area contributed by atoms with Crippen LogP contribution in [0.2, 0.25) is 0 Å². The van der Waals surface area contributed by atoms with E-state index in [-0.39, 0.29) is 6.61 Å². The lowest BCUT2D eigenvalue weighted by atomic mass is 10.2. The summed E-state index contributed by atoms with van der Waals surface area (Å²) in [6, 6.07) is 3.59. The summed E-state index contributed by atoms with van der Waals surface area (Å²) >= 11 is 1.35. The van der Waals surface area contributed by atoms with Crippen molar-refractivity contribution >= 4 is 23.8 Å². The fourth-order valence-corrected chi connectivity index (χ4v) is 2.96. The molecule has 0 aliphatic carbocycles. The molecule has 0 N–H and O–H groups in total. The molecule has 0 spiro atoms. The quantitative estimate of drug-likeness (QED) is 0.543. The molecule has 0 saturated heterocycles. The van der Waals surface area contributed by atoms with Crippen molar-refractivity contribution < 1.29 is 19.1 Å². The van der Waals surface area contributed by atoms with E-state index < -0.39 is 6.16 Å². The molecule has 2 aromatic rings. The van der Waals surface area contributed by atoms with Crippen LogP contribution in [0.15, 0.2) is 18.3 Å². The second kappa shape index (κ2) is 8.47. The number of nitrogens with zero attached hydrogens (tertiary/aromatic N) is 2. The van der Waals surface area contributed by atoms with Gasteiger partial charge in [-0.25, -0.2) is 9.78 Å². The number of thiophene rings is 1. The molecule has 0 aromatic carbocycles. The van der Waals surface area contributed by atoms with Gasteiger partial charge in [-0.15, -0.1) is 11.3 Å². The predicted molar refractivity (Wildman–Crippen MR) is 87.3 cm³/mol. The zero-order chi connectivity index (χ0) is 16.7. The largest absolute Gasteiger partial charge is 0.514 e. The summed E-state index contributed by atoms with van der Waals surface area (Å²) < 4.78 is 11.7. The highest BCUT2D eigenvalue weighted by atomic mass is 32.1. The number of rotatable bonds is 8. The van der Waals surface area contributed by atoms with Gasteiger partial charge in [0.15, 0.2) is 11.3 Å². The first kappa shape index (κ1) is 17.2. The SMILES string of the molecule is CCCCc1ncc(C=O)n1Cc1ccc(OC(=O)OCC)s1. The molecule has 0 aliphatic heterocycles. The maximum Gasteiger partial charge on any atom is 0.514 e. The summed E-state index contributed by atoms with van der Waals surface area (Å²) in [4.78, 5) is 27.8. The minimum absolute atomic E-state index is 0.273. The molecule has 2 heterocycles. The number of aldehydes is 1. The maximum atomic E-state index is 11.3. The van der Waals surface area contributed by atoms with Crippen molar-refractivity contribution in [1.29, 1.82) is 0 Å². The lowest BCUT2D eigenvalue weighted by molar-refractivity contribution is 0.105. The Labute approximate surface area is 139 Å². The van der Waals surface area contributed by atoms with Gasteiger partial charge in [-0.05, 0) is 25.5 Å². The molecule has 0 bridgehead atoms. The number of hydrogen-bond donors (Lipinski definition) is 0. The van der Waals surface area contributed by atoms with Crippen LogP contribution in [-0.4, -0.2) is 28.6 Å². The topological polar surface area (TPSA) is 70.4 Å². The molecule has 0 unspecified atom stereocenters.